The zero-order valence-corrected chi connectivity index (χ0v) is 11.2. The summed E-state index contributed by atoms with van der Waals surface area (Å²) in [6, 6.07) is 0. The fourth-order valence-corrected chi connectivity index (χ4v) is 2.12. The molecule has 0 saturated heterocycles. The van der Waals surface area contributed by atoms with Crippen molar-refractivity contribution in [2.75, 3.05) is 0 Å². The highest BCUT2D eigenvalue weighted by atomic mass is 16.3. The lowest BCUT2D eigenvalue weighted by Crippen LogP contribution is -2.08. The molecular weight excluding hydrogens is 212 g/mol. The Morgan fingerprint density at radius 1 is 1.18 bits per heavy atom. The van der Waals surface area contributed by atoms with E-state index in [1.807, 2.05) is 6.20 Å². The molecule has 0 spiro atoms. The standard InChI is InChI=1S/C14H26N2O/c1-3-5-6-7-8-9-13(17)14-15-10-12-16(14)11-4-2/h10,12-13,17H,3-9,11H2,1-2H3. The molecule has 1 atom stereocenters. The summed E-state index contributed by atoms with van der Waals surface area (Å²) < 4.78 is 2.07. The third-order valence-electron chi connectivity index (χ3n) is 3.09. The van der Waals surface area contributed by atoms with E-state index in [2.05, 4.69) is 23.4 Å². The molecule has 0 amide bonds. The van der Waals surface area contributed by atoms with Gasteiger partial charge < -0.3 is 9.67 Å². The van der Waals surface area contributed by atoms with Gasteiger partial charge in [-0.3, -0.25) is 0 Å². The average Bonchev–Trinajstić information content (AvgIpc) is 2.77. The van der Waals surface area contributed by atoms with Crippen molar-refractivity contribution >= 4 is 0 Å². The van der Waals surface area contributed by atoms with Crippen LogP contribution >= 0.6 is 0 Å². The Bertz CT molecular complexity index is 296. The van der Waals surface area contributed by atoms with E-state index in [1.165, 1.54) is 25.7 Å². The van der Waals surface area contributed by atoms with Gasteiger partial charge in [-0.15, -0.1) is 0 Å². The number of aliphatic hydroxyl groups is 1. The molecule has 98 valence electrons. The highest BCUT2D eigenvalue weighted by molar-refractivity contribution is 4.96. The van der Waals surface area contributed by atoms with Gasteiger partial charge >= 0.3 is 0 Å². The third-order valence-corrected chi connectivity index (χ3v) is 3.09. The van der Waals surface area contributed by atoms with Gasteiger partial charge in [-0.05, 0) is 12.8 Å². The molecule has 0 fully saturated rings. The Balaban J connectivity index is 2.30. The van der Waals surface area contributed by atoms with Crippen molar-refractivity contribution in [1.82, 2.24) is 9.55 Å². The van der Waals surface area contributed by atoms with E-state index < -0.39 is 6.10 Å². The predicted octanol–water partition coefficient (Wildman–Crippen LogP) is 3.69. The highest BCUT2D eigenvalue weighted by Crippen LogP contribution is 2.19. The number of nitrogens with zero attached hydrogens (tertiary/aromatic N) is 2. The molecule has 0 aromatic carbocycles. The summed E-state index contributed by atoms with van der Waals surface area (Å²) in [5, 5.41) is 10.1. The van der Waals surface area contributed by atoms with Gasteiger partial charge in [0.25, 0.3) is 0 Å². The number of hydrogen-bond acceptors (Lipinski definition) is 2. The molecule has 17 heavy (non-hydrogen) atoms. The molecule has 0 aliphatic heterocycles. The Kier molecular flexibility index (Phi) is 6.94. The van der Waals surface area contributed by atoms with Crippen molar-refractivity contribution in [3.05, 3.63) is 18.2 Å². The molecule has 1 aromatic rings. The van der Waals surface area contributed by atoms with Crippen LogP contribution in [-0.2, 0) is 6.54 Å². The molecule has 0 bridgehead atoms. The van der Waals surface area contributed by atoms with Gasteiger partial charge in [0.15, 0.2) is 0 Å². The Hall–Kier alpha value is -0.830. The molecule has 0 radical (unpaired) electrons. The first-order chi connectivity index (χ1) is 8.29. The van der Waals surface area contributed by atoms with E-state index in [4.69, 9.17) is 0 Å². The lowest BCUT2D eigenvalue weighted by Gasteiger charge is -2.12. The summed E-state index contributed by atoms with van der Waals surface area (Å²) in [7, 11) is 0. The Labute approximate surface area is 105 Å². The number of aromatic nitrogens is 2. The van der Waals surface area contributed by atoms with E-state index in [0.717, 1.165) is 31.6 Å². The summed E-state index contributed by atoms with van der Waals surface area (Å²) >= 11 is 0. The zero-order valence-electron chi connectivity index (χ0n) is 11.2. The monoisotopic (exact) mass is 238 g/mol. The minimum absolute atomic E-state index is 0.391. The smallest absolute Gasteiger partial charge is 0.137 e. The van der Waals surface area contributed by atoms with E-state index in [0.29, 0.717) is 0 Å². The van der Waals surface area contributed by atoms with E-state index in [-0.39, 0.29) is 0 Å². The minimum atomic E-state index is -0.391. The molecule has 1 rings (SSSR count). The summed E-state index contributed by atoms with van der Waals surface area (Å²) in [5.41, 5.74) is 0. The van der Waals surface area contributed by atoms with Crippen LogP contribution in [-0.4, -0.2) is 14.7 Å². The molecule has 0 saturated carbocycles. The number of hydrogen-bond donors (Lipinski definition) is 1. The number of imidazole rings is 1. The maximum Gasteiger partial charge on any atom is 0.137 e. The number of aliphatic hydroxyl groups excluding tert-OH is 1. The van der Waals surface area contributed by atoms with Gasteiger partial charge in [0, 0.05) is 18.9 Å². The summed E-state index contributed by atoms with van der Waals surface area (Å²) in [6.07, 6.45) is 11.4. The van der Waals surface area contributed by atoms with Crippen molar-refractivity contribution in [2.24, 2.45) is 0 Å². The van der Waals surface area contributed by atoms with Crippen LogP contribution in [0.3, 0.4) is 0 Å². The fraction of sp³-hybridized carbons (Fsp3) is 0.786. The van der Waals surface area contributed by atoms with Crippen molar-refractivity contribution < 1.29 is 5.11 Å². The SMILES string of the molecule is CCCCCCCC(O)c1nccn1CCC. The van der Waals surface area contributed by atoms with Crippen LogP contribution in [0.15, 0.2) is 12.4 Å². The van der Waals surface area contributed by atoms with Gasteiger partial charge in [-0.1, -0.05) is 46.0 Å². The van der Waals surface area contributed by atoms with Crippen LogP contribution in [0, 0.1) is 0 Å². The molecule has 1 heterocycles. The van der Waals surface area contributed by atoms with Gasteiger partial charge in [-0.2, -0.15) is 0 Å². The van der Waals surface area contributed by atoms with Crippen LogP contribution < -0.4 is 0 Å². The number of unbranched alkanes of at least 4 members (excludes halogenated alkanes) is 4. The molecule has 1 N–H and O–H groups in total. The largest absolute Gasteiger partial charge is 0.385 e. The first-order valence-electron chi connectivity index (χ1n) is 6.98. The summed E-state index contributed by atoms with van der Waals surface area (Å²) in [6.45, 7) is 5.31. The van der Waals surface area contributed by atoms with Crippen LogP contribution in [0.5, 0.6) is 0 Å². The van der Waals surface area contributed by atoms with Crippen LogP contribution in [0.25, 0.3) is 0 Å². The average molecular weight is 238 g/mol. The molecule has 1 unspecified atom stereocenters. The third kappa shape index (κ3) is 4.90. The quantitative estimate of drug-likeness (QED) is 0.666. The van der Waals surface area contributed by atoms with Crippen LogP contribution in [0.1, 0.15) is 70.7 Å². The lowest BCUT2D eigenvalue weighted by molar-refractivity contribution is 0.149. The van der Waals surface area contributed by atoms with Gasteiger partial charge in [-0.25, -0.2) is 4.98 Å². The fourth-order valence-electron chi connectivity index (χ4n) is 2.12. The second-order valence-electron chi connectivity index (χ2n) is 4.70. The zero-order chi connectivity index (χ0) is 12.5. The van der Waals surface area contributed by atoms with Gasteiger partial charge in [0.2, 0.25) is 0 Å². The predicted molar refractivity (Wildman–Crippen MR) is 70.9 cm³/mol. The Morgan fingerprint density at radius 2 is 1.94 bits per heavy atom. The summed E-state index contributed by atoms with van der Waals surface area (Å²) in [5.74, 6) is 0.836. The van der Waals surface area contributed by atoms with Crippen LogP contribution in [0.4, 0.5) is 0 Å². The van der Waals surface area contributed by atoms with Gasteiger partial charge in [0.1, 0.15) is 11.9 Å². The number of rotatable bonds is 9. The van der Waals surface area contributed by atoms with Crippen molar-refractivity contribution in [3.63, 3.8) is 0 Å². The van der Waals surface area contributed by atoms with Gasteiger partial charge in [0.05, 0.1) is 0 Å². The maximum absolute atomic E-state index is 10.1. The van der Waals surface area contributed by atoms with E-state index >= 15 is 0 Å². The lowest BCUT2D eigenvalue weighted by atomic mass is 10.1. The number of aryl methyl sites for hydroxylation is 1. The molecule has 0 aliphatic rings. The first-order valence-corrected chi connectivity index (χ1v) is 6.98. The molecule has 3 nitrogen and oxygen atoms in total. The van der Waals surface area contributed by atoms with Crippen LogP contribution in [0.2, 0.25) is 0 Å². The molecular formula is C14H26N2O. The van der Waals surface area contributed by atoms with Crippen molar-refractivity contribution in [1.29, 1.82) is 0 Å². The maximum atomic E-state index is 10.1. The minimum Gasteiger partial charge on any atom is -0.385 e. The second kappa shape index (κ2) is 8.29. The highest BCUT2D eigenvalue weighted by Gasteiger charge is 2.12. The molecule has 3 heteroatoms. The summed E-state index contributed by atoms with van der Waals surface area (Å²) in [4.78, 5) is 4.26. The molecule has 1 aromatic heterocycles. The Morgan fingerprint density at radius 3 is 2.65 bits per heavy atom. The van der Waals surface area contributed by atoms with E-state index in [9.17, 15) is 5.11 Å². The molecule has 0 aliphatic carbocycles. The first kappa shape index (κ1) is 14.2. The topological polar surface area (TPSA) is 38.1 Å². The normalized spacial score (nSPS) is 12.9. The van der Waals surface area contributed by atoms with Crippen molar-refractivity contribution in [2.45, 2.75) is 71.4 Å². The van der Waals surface area contributed by atoms with Crippen molar-refractivity contribution in [3.8, 4) is 0 Å². The van der Waals surface area contributed by atoms with E-state index in [1.54, 1.807) is 6.20 Å². The second-order valence-corrected chi connectivity index (χ2v) is 4.70.